The molecule has 0 saturated carbocycles. The quantitative estimate of drug-likeness (QED) is 0.511. The highest BCUT2D eigenvalue weighted by atomic mass is 32.2. The highest BCUT2D eigenvalue weighted by molar-refractivity contribution is 7.90. The average Bonchev–Trinajstić information content (AvgIpc) is 2.68. The molecule has 164 valence electrons. The maximum atomic E-state index is 12.7. The molecule has 1 unspecified atom stereocenters. The Hall–Kier alpha value is -1.81. The van der Waals surface area contributed by atoms with E-state index in [0.717, 1.165) is 6.42 Å². The van der Waals surface area contributed by atoms with Gasteiger partial charge < -0.3 is 10.6 Å². The molecule has 2 rings (SSSR count). The van der Waals surface area contributed by atoms with E-state index in [4.69, 9.17) is 0 Å². The van der Waals surface area contributed by atoms with Crippen molar-refractivity contribution in [3.05, 3.63) is 35.9 Å². The molecular weight excluding hydrogens is 405 g/mol. The molecule has 29 heavy (non-hydrogen) atoms. The summed E-state index contributed by atoms with van der Waals surface area (Å²) in [6, 6.07) is 10.0. The number of piperidine rings is 1. The van der Waals surface area contributed by atoms with Crippen molar-refractivity contribution in [3.63, 3.8) is 0 Å². The second kappa shape index (κ2) is 10.3. The molecule has 0 aromatic heterocycles. The number of aliphatic imine (C=N–C) groups is 1. The van der Waals surface area contributed by atoms with E-state index in [2.05, 4.69) is 34.7 Å². The van der Waals surface area contributed by atoms with Crippen molar-refractivity contribution in [3.8, 4) is 0 Å². The van der Waals surface area contributed by atoms with Gasteiger partial charge in [-0.2, -0.15) is 17.5 Å². The largest absolute Gasteiger partial charge is 0.511 e. The predicted molar refractivity (Wildman–Crippen MR) is 108 cm³/mol. The topological polar surface area (TPSA) is 73.8 Å². The van der Waals surface area contributed by atoms with Crippen LogP contribution in [-0.4, -0.2) is 56.4 Å². The molecule has 1 fully saturated rings. The van der Waals surface area contributed by atoms with Gasteiger partial charge in [0, 0.05) is 32.2 Å². The van der Waals surface area contributed by atoms with Crippen molar-refractivity contribution in [1.29, 1.82) is 0 Å². The van der Waals surface area contributed by atoms with Gasteiger partial charge in [-0.3, -0.25) is 4.99 Å². The fraction of sp³-hybridized carbons (Fsp3) is 0.632. The molecule has 0 radical (unpaired) electrons. The summed E-state index contributed by atoms with van der Waals surface area (Å²) in [6.07, 6.45) is 1.45. The van der Waals surface area contributed by atoms with Crippen LogP contribution in [0.3, 0.4) is 0 Å². The molecular formula is C19H29F3N4O2S. The molecule has 0 spiro atoms. The summed E-state index contributed by atoms with van der Waals surface area (Å²) in [7, 11) is -5.25. The molecule has 1 aromatic rings. The molecule has 1 saturated heterocycles. The summed E-state index contributed by atoms with van der Waals surface area (Å²) < 4.78 is 61.6. The number of nitrogens with zero attached hydrogens (tertiary/aromatic N) is 2. The van der Waals surface area contributed by atoms with Crippen LogP contribution in [0.2, 0.25) is 0 Å². The number of rotatable bonds is 7. The van der Waals surface area contributed by atoms with Crippen LogP contribution in [0.15, 0.2) is 35.3 Å². The van der Waals surface area contributed by atoms with E-state index in [1.54, 1.807) is 0 Å². The van der Waals surface area contributed by atoms with Crippen molar-refractivity contribution in [2.75, 3.05) is 26.2 Å². The van der Waals surface area contributed by atoms with Crippen LogP contribution in [0.5, 0.6) is 0 Å². The van der Waals surface area contributed by atoms with Crippen LogP contribution < -0.4 is 10.6 Å². The molecule has 0 bridgehead atoms. The zero-order valence-electron chi connectivity index (χ0n) is 16.7. The van der Waals surface area contributed by atoms with Crippen LogP contribution in [0.25, 0.3) is 0 Å². The first kappa shape index (κ1) is 23.5. The summed E-state index contributed by atoms with van der Waals surface area (Å²) in [6.45, 7) is 5.01. The number of benzene rings is 1. The minimum atomic E-state index is -5.25. The fourth-order valence-electron chi connectivity index (χ4n) is 3.22. The number of alkyl halides is 3. The van der Waals surface area contributed by atoms with Gasteiger partial charge in [0.1, 0.15) is 0 Å². The maximum absolute atomic E-state index is 12.7. The molecule has 1 aromatic carbocycles. The summed E-state index contributed by atoms with van der Waals surface area (Å²) in [4.78, 5) is 4.56. The lowest BCUT2D eigenvalue weighted by Crippen LogP contribution is -2.51. The van der Waals surface area contributed by atoms with Gasteiger partial charge in [-0.15, -0.1) is 0 Å². The Morgan fingerprint density at radius 2 is 1.86 bits per heavy atom. The summed E-state index contributed by atoms with van der Waals surface area (Å²) >= 11 is 0. The summed E-state index contributed by atoms with van der Waals surface area (Å²) in [5.41, 5.74) is -4.00. The summed E-state index contributed by atoms with van der Waals surface area (Å²) in [5, 5.41) is 6.35. The van der Waals surface area contributed by atoms with Crippen molar-refractivity contribution in [1.82, 2.24) is 14.9 Å². The zero-order valence-corrected chi connectivity index (χ0v) is 17.6. The number of hydrogen-bond donors (Lipinski definition) is 2. The van der Waals surface area contributed by atoms with E-state index >= 15 is 0 Å². The Kier molecular flexibility index (Phi) is 8.33. The van der Waals surface area contributed by atoms with Gasteiger partial charge >= 0.3 is 15.5 Å². The molecule has 2 N–H and O–H groups in total. The summed E-state index contributed by atoms with van der Waals surface area (Å²) in [5.74, 6) is 0.962. The van der Waals surface area contributed by atoms with Gasteiger partial charge in [0.25, 0.3) is 0 Å². The van der Waals surface area contributed by atoms with Crippen LogP contribution in [-0.2, 0) is 10.0 Å². The Morgan fingerprint density at radius 3 is 2.41 bits per heavy atom. The number of halogens is 3. The molecule has 1 aliphatic rings. The van der Waals surface area contributed by atoms with E-state index in [9.17, 15) is 21.6 Å². The average molecular weight is 435 g/mol. The molecule has 1 heterocycles. The highest BCUT2D eigenvalue weighted by Gasteiger charge is 2.50. The third-order valence-corrected chi connectivity index (χ3v) is 6.60. The van der Waals surface area contributed by atoms with Gasteiger partial charge in [-0.1, -0.05) is 37.3 Å². The Morgan fingerprint density at radius 1 is 1.24 bits per heavy atom. The van der Waals surface area contributed by atoms with Crippen LogP contribution in [0.4, 0.5) is 13.2 Å². The van der Waals surface area contributed by atoms with Crippen LogP contribution in [0, 0.1) is 0 Å². The van der Waals surface area contributed by atoms with Crippen molar-refractivity contribution >= 4 is 16.0 Å². The standard InChI is InChI=1S/C19H29F3N4O2S/c1-3-23-18(24-12-9-15(2)16-7-5-4-6-8-16)25-17-10-13-26(14-11-17)29(27,28)19(20,21)22/h4-8,15,17H,3,9-14H2,1-2H3,(H2,23,24,25). The number of sulfonamides is 1. The number of nitrogens with one attached hydrogen (secondary N) is 2. The lowest BCUT2D eigenvalue weighted by molar-refractivity contribution is -0.0494. The smallest absolute Gasteiger partial charge is 0.357 e. The van der Waals surface area contributed by atoms with E-state index < -0.39 is 15.5 Å². The predicted octanol–water partition coefficient (Wildman–Crippen LogP) is 3.05. The van der Waals surface area contributed by atoms with E-state index in [-0.39, 0.29) is 19.1 Å². The molecule has 0 amide bonds. The first-order chi connectivity index (χ1) is 13.6. The van der Waals surface area contributed by atoms with Gasteiger partial charge in [0.15, 0.2) is 5.96 Å². The monoisotopic (exact) mass is 434 g/mol. The van der Waals surface area contributed by atoms with E-state index in [0.29, 0.717) is 42.1 Å². The minimum Gasteiger partial charge on any atom is -0.357 e. The molecule has 6 nitrogen and oxygen atoms in total. The SMILES string of the molecule is CCNC(=NCCC(C)c1ccccc1)NC1CCN(S(=O)(=O)C(F)(F)F)CC1. The minimum absolute atomic E-state index is 0.126. The third kappa shape index (κ3) is 6.60. The second-order valence-corrected chi connectivity index (χ2v) is 9.06. The number of hydrogen-bond acceptors (Lipinski definition) is 3. The lowest BCUT2D eigenvalue weighted by atomic mass is 9.98. The van der Waals surface area contributed by atoms with Gasteiger partial charge in [0.05, 0.1) is 0 Å². The fourth-order valence-corrected chi connectivity index (χ4v) is 4.20. The molecule has 10 heteroatoms. The first-order valence-corrected chi connectivity index (χ1v) is 11.3. The zero-order chi connectivity index (χ0) is 21.5. The normalized spacial score (nSPS) is 18.4. The molecule has 1 aliphatic heterocycles. The number of guanidine groups is 1. The lowest BCUT2D eigenvalue weighted by Gasteiger charge is -2.32. The van der Waals surface area contributed by atoms with E-state index in [1.165, 1.54) is 5.56 Å². The third-order valence-electron chi connectivity index (χ3n) is 4.97. The maximum Gasteiger partial charge on any atom is 0.511 e. The Bertz CT molecular complexity index is 761. The van der Waals surface area contributed by atoms with Crippen molar-refractivity contribution in [2.45, 2.75) is 50.6 Å². The Balaban J connectivity index is 1.87. The van der Waals surface area contributed by atoms with Crippen molar-refractivity contribution in [2.24, 2.45) is 4.99 Å². The van der Waals surface area contributed by atoms with Crippen molar-refractivity contribution < 1.29 is 21.6 Å². The molecule has 0 aliphatic carbocycles. The van der Waals surface area contributed by atoms with Crippen LogP contribution >= 0.6 is 0 Å². The van der Waals surface area contributed by atoms with E-state index in [1.807, 2.05) is 25.1 Å². The first-order valence-electron chi connectivity index (χ1n) is 9.81. The van der Waals surface area contributed by atoms with Crippen LogP contribution in [0.1, 0.15) is 44.6 Å². The van der Waals surface area contributed by atoms with Gasteiger partial charge in [-0.25, -0.2) is 8.42 Å². The Labute approximate surface area is 170 Å². The second-order valence-electron chi connectivity index (χ2n) is 7.13. The highest BCUT2D eigenvalue weighted by Crippen LogP contribution is 2.29. The van der Waals surface area contributed by atoms with Gasteiger partial charge in [0.2, 0.25) is 0 Å². The van der Waals surface area contributed by atoms with Gasteiger partial charge in [-0.05, 0) is 37.7 Å². The molecule has 1 atom stereocenters.